The van der Waals surface area contributed by atoms with Crippen LogP contribution in [0.5, 0.6) is 11.5 Å². The fraction of sp³-hybridized carbons (Fsp3) is 0.261. The molecule has 0 amide bonds. The number of aromatic nitrogens is 2. The molecule has 1 saturated heterocycles. The molecule has 0 saturated carbocycles. The Bertz CT molecular complexity index is 1420. The van der Waals surface area contributed by atoms with E-state index in [0.717, 1.165) is 76.2 Å². The summed E-state index contributed by atoms with van der Waals surface area (Å²) in [6, 6.07) is 13.9. The highest BCUT2D eigenvalue weighted by Gasteiger charge is 2.24. The van der Waals surface area contributed by atoms with E-state index in [1.54, 1.807) is 6.33 Å². The van der Waals surface area contributed by atoms with Gasteiger partial charge in [-0.3, -0.25) is 0 Å². The van der Waals surface area contributed by atoms with Crippen LogP contribution in [0.2, 0.25) is 0 Å². The second-order valence-corrected chi connectivity index (χ2v) is 8.42. The number of ether oxygens (including phenoxy) is 2. The number of anilines is 1. The van der Waals surface area contributed by atoms with Crippen molar-refractivity contribution in [1.29, 1.82) is 0 Å². The van der Waals surface area contributed by atoms with Crippen LogP contribution in [-0.2, 0) is 6.54 Å². The van der Waals surface area contributed by atoms with Gasteiger partial charge < -0.3 is 34.2 Å². The number of rotatable bonds is 3. The summed E-state index contributed by atoms with van der Waals surface area (Å²) in [5.41, 5.74) is 3.53. The van der Waals surface area contributed by atoms with Crippen LogP contribution in [0, 0.1) is 10.1 Å². The number of piperazine rings is 1. The van der Waals surface area contributed by atoms with Crippen LogP contribution >= 0.6 is 12.2 Å². The number of hydrogen-bond donors (Lipinski definition) is 2. The molecule has 36 heavy (non-hydrogen) atoms. The van der Waals surface area contributed by atoms with Gasteiger partial charge in [-0.25, -0.2) is 9.97 Å². The van der Waals surface area contributed by atoms with E-state index in [9.17, 15) is 0 Å². The quantitative estimate of drug-likeness (QED) is 0.238. The molecule has 13 heteroatoms. The van der Waals surface area contributed by atoms with Crippen molar-refractivity contribution in [3.8, 4) is 11.5 Å². The molecule has 0 atom stereocenters. The van der Waals surface area contributed by atoms with Gasteiger partial charge in [-0.15, -0.1) is 10.1 Å². The molecule has 186 valence electrons. The molecule has 12 nitrogen and oxygen atoms in total. The first-order valence-electron chi connectivity index (χ1n) is 11.1. The highest BCUT2D eigenvalue weighted by Crippen LogP contribution is 2.33. The average Bonchev–Trinajstić information content (AvgIpc) is 3.51. The maximum absolute atomic E-state index is 8.36. The molecule has 6 rings (SSSR count). The number of fused-ring (bicyclic) bond motifs is 4. The zero-order valence-corrected chi connectivity index (χ0v) is 19.8. The van der Waals surface area contributed by atoms with Crippen molar-refractivity contribution >= 4 is 45.2 Å². The highest BCUT2D eigenvalue weighted by molar-refractivity contribution is 7.80. The molecule has 2 aromatic carbocycles. The molecule has 2 aliphatic heterocycles. The second kappa shape index (κ2) is 10.1. The lowest BCUT2D eigenvalue weighted by Gasteiger charge is -2.36. The minimum atomic E-state index is -1.50. The zero-order valence-electron chi connectivity index (χ0n) is 19.0. The molecule has 0 spiro atoms. The Morgan fingerprint density at radius 1 is 1.11 bits per heavy atom. The van der Waals surface area contributed by atoms with Crippen LogP contribution in [0.4, 0.5) is 5.82 Å². The van der Waals surface area contributed by atoms with Crippen molar-refractivity contribution in [2.24, 2.45) is 0 Å². The summed E-state index contributed by atoms with van der Waals surface area (Å²) in [6.07, 6.45) is 1.61. The molecule has 2 aromatic heterocycles. The first kappa shape index (κ1) is 23.4. The van der Waals surface area contributed by atoms with Crippen molar-refractivity contribution in [3.05, 3.63) is 64.5 Å². The number of thiocarbonyl (C=S) groups is 1. The Balaban J connectivity index is 0.000000623. The van der Waals surface area contributed by atoms with Crippen LogP contribution in [0.3, 0.4) is 0 Å². The van der Waals surface area contributed by atoms with Crippen molar-refractivity contribution in [1.82, 2.24) is 20.2 Å². The molecule has 0 unspecified atom stereocenters. The molecular formula is C23H22N6O6S. The van der Waals surface area contributed by atoms with Gasteiger partial charge in [0.05, 0.1) is 0 Å². The lowest BCUT2D eigenvalue weighted by Crippen LogP contribution is -2.51. The van der Waals surface area contributed by atoms with E-state index >= 15 is 0 Å². The average molecular weight is 511 g/mol. The number of nitrogens with one attached hydrogen (secondary N) is 1. The van der Waals surface area contributed by atoms with E-state index in [4.69, 9.17) is 41.4 Å². The third-order valence-electron chi connectivity index (χ3n) is 5.89. The molecule has 2 aliphatic rings. The Morgan fingerprint density at radius 2 is 1.86 bits per heavy atom. The van der Waals surface area contributed by atoms with Crippen LogP contribution in [-0.4, -0.2) is 63.2 Å². The second-order valence-electron chi connectivity index (χ2n) is 8.03. The van der Waals surface area contributed by atoms with Gasteiger partial charge >= 0.3 is 0 Å². The summed E-state index contributed by atoms with van der Waals surface area (Å²) in [6.45, 7) is 4.13. The van der Waals surface area contributed by atoms with Gasteiger partial charge in [-0.1, -0.05) is 18.2 Å². The van der Waals surface area contributed by atoms with E-state index in [1.807, 2.05) is 42.5 Å². The summed E-state index contributed by atoms with van der Waals surface area (Å²) < 4.78 is 16.9. The summed E-state index contributed by atoms with van der Waals surface area (Å²) in [5, 5.41) is 18.8. The molecule has 2 N–H and O–H groups in total. The number of benzene rings is 2. The summed E-state index contributed by atoms with van der Waals surface area (Å²) in [4.78, 5) is 21.8. The van der Waals surface area contributed by atoms with Crippen molar-refractivity contribution in [2.45, 2.75) is 6.54 Å². The van der Waals surface area contributed by atoms with Gasteiger partial charge in [0.1, 0.15) is 17.4 Å². The van der Waals surface area contributed by atoms with E-state index < -0.39 is 5.09 Å². The molecule has 0 aliphatic carbocycles. The van der Waals surface area contributed by atoms with Crippen LogP contribution in [0.25, 0.3) is 22.1 Å². The molecule has 4 heterocycles. The van der Waals surface area contributed by atoms with Gasteiger partial charge in [0.25, 0.3) is 5.09 Å². The van der Waals surface area contributed by atoms with Crippen LogP contribution < -0.4 is 19.7 Å². The monoisotopic (exact) mass is 510 g/mol. The summed E-state index contributed by atoms with van der Waals surface area (Å²) >= 11 is 5.64. The maximum atomic E-state index is 8.36. The lowest BCUT2D eigenvalue weighted by molar-refractivity contribution is -0.742. The molecule has 0 radical (unpaired) electrons. The SMILES string of the molecule is O=[N+]([O-])O.S=C(NCc1ccc2c(c1)OCO2)N1CCN(c2ncnc3c2oc2ccccc23)CC1. The van der Waals surface area contributed by atoms with Crippen LogP contribution in [0.1, 0.15) is 5.56 Å². The normalized spacial score (nSPS) is 14.4. The smallest absolute Gasteiger partial charge is 0.291 e. The topological polar surface area (TPSA) is 139 Å². The number of hydrogen-bond acceptors (Lipinski definition) is 9. The molecular weight excluding hydrogens is 488 g/mol. The van der Waals surface area contributed by atoms with Gasteiger partial charge in [-0.2, -0.15) is 0 Å². The highest BCUT2D eigenvalue weighted by atomic mass is 32.1. The predicted molar refractivity (Wildman–Crippen MR) is 134 cm³/mol. The van der Waals surface area contributed by atoms with E-state index in [1.165, 1.54) is 0 Å². The number of furan rings is 1. The van der Waals surface area contributed by atoms with Crippen LogP contribution in [0.15, 0.2) is 53.2 Å². The van der Waals surface area contributed by atoms with Crippen molar-refractivity contribution in [3.63, 3.8) is 0 Å². The fourth-order valence-corrected chi connectivity index (χ4v) is 4.45. The first-order chi connectivity index (χ1) is 17.5. The van der Waals surface area contributed by atoms with Gasteiger partial charge in [0.2, 0.25) is 6.79 Å². The Kier molecular flexibility index (Phi) is 6.54. The van der Waals surface area contributed by atoms with Gasteiger partial charge in [0, 0.05) is 38.1 Å². The van der Waals surface area contributed by atoms with Crippen molar-refractivity contribution < 1.29 is 24.2 Å². The Hall–Kier alpha value is -4.39. The third-order valence-corrected chi connectivity index (χ3v) is 6.29. The predicted octanol–water partition coefficient (Wildman–Crippen LogP) is 2.95. The van der Waals surface area contributed by atoms with Gasteiger partial charge in [0.15, 0.2) is 28.0 Å². The van der Waals surface area contributed by atoms with E-state index in [2.05, 4.69) is 25.1 Å². The standard InChI is InChI=1S/C23H21N5O3S.HNO3/c32-23(24-12-15-5-6-18-19(11-15)30-14-29-18)28-9-7-27(8-10-28)22-21-20(25-13-26-22)16-3-1-2-4-17(16)31-21;2-1(3)4/h1-6,11,13H,7-10,12,14H2,(H,24,32);(H,2,3,4). The Morgan fingerprint density at radius 3 is 2.67 bits per heavy atom. The molecule has 1 fully saturated rings. The number of nitrogens with zero attached hydrogens (tertiary/aromatic N) is 5. The summed E-state index contributed by atoms with van der Waals surface area (Å²) in [5.74, 6) is 2.41. The molecule has 0 bridgehead atoms. The minimum Gasteiger partial charge on any atom is -0.454 e. The number of para-hydroxylation sites is 1. The fourth-order valence-electron chi connectivity index (χ4n) is 4.20. The Labute approximate surface area is 210 Å². The summed E-state index contributed by atoms with van der Waals surface area (Å²) in [7, 11) is 0. The van der Waals surface area contributed by atoms with Gasteiger partial charge in [-0.05, 0) is 42.0 Å². The van der Waals surface area contributed by atoms with Crippen molar-refractivity contribution in [2.75, 3.05) is 37.9 Å². The molecule has 4 aromatic rings. The largest absolute Gasteiger partial charge is 0.454 e. The zero-order chi connectivity index (χ0) is 25.1. The van der Waals surface area contributed by atoms with E-state index in [-0.39, 0.29) is 6.79 Å². The lowest BCUT2D eigenvalue weighted by atomic mass is 10.2. The first-order valence-corrected chi connectivity index (χ1v) is 11.5. The van der Waals surface area contributed by atoms with E-state index in [0.29, 0.717) is 6.54 Å². The minimum absolute atomic E-state index is 0.279. The third kappa shape index (κ3) is 4.86. The maximum Gasteiger partial charge on any atom is 0.291 e.